The van der Waals surface area contributed by atoms with Gasteiger partial charge < -0.3 is 5.11 Å². The fourth-order valence-corrected chi connectivity index (χ4v) is 4.63. The molecule has 0 atom stereocenters. The van der Waals surface area contributed by atoms with E-state index in [4.69, 9.17) is 5.11 Å². The SMILES string of the molecule is CC1(C)CC(=O)C(SCc2ccccc2)=C(/C=C/c2ccc(N(O)CCO)cc2)C1. The van der Waals surface area contributed by atoms with Gasteiger partial charge in [0.15, 0.2) is 5.78 Å². The van der Waals surface area contributed by atoms with Gasteiger partial charge in [0.25, 0.3) is 0 Å². The molecule has 1 aliphatic carbocycles. The van der Waals surface area contributed by atoms with E-state index in [0.717, 1.165) is 33.3 Å². The standard InChI is InChI=1S/C25H29NO3S/c1-25(2)16-21(11-8-19-9-12-22(13-10-19)26(29)14-15-27)24(23(28)17-25)30-18-20-6-4-3-5-7-20/h3-13,27,29H,14-18H2,1-2H3/b11-8+. The summed E-state index contributed by atoms with van der Waals surface area (Å²) in [4.78, 5) is 13.7. The van der Waals surface area contributed by atoms with Gasteiger partial charge in [-0.05, 0) is 40.7 Å². The summed E-state index contributed by atoms with van der Waals surface area (Å²) in [7, 11) is 0. The molecule has 3 rings (SSSR count). The number of ketones is 1. The van der Waals surface area contributed by atoms with Gasteiger partial charge in [-0.25, -0.2) is 0 Å². The zero-order chi connectivity index (χ0) is 21.6. The van der Waals surface area contributed by atoms with Crippen molar-refractivity contribution in [2.45, 2.75) is 32.4 Å². The maximum absolute atomic E-state index is 12.9. The monoisotopic (exact) mass is 423 g/mol. The van der Waals surface area contributed by atoms with Crippen molar-refractivity contribution in [3.63, 3.8) is 0 Å². The van der Waals surface area contributed by atoms with Crippen LogP contribution in [0.1, 0.15) is 37.8 Å². The van der Waals surface area contributed by atoms with Crippen LogP contribution in [-0.4, -0.2) is 29.2 Å². The summed E-state index contributed by atoms with van der Waals surface area (Å²) < 4.78 is 0. The second-order valence-electron chi connectivity index (χ2n) is 8.34. The molecule has 0 saturated heterocycles. The van der Waals surface area contributed by atoms with E-state index in [-0.39, 0.29) is 24.3 Å². The number of rotatable bonds is 8. The summed E-state index contributed by atoms with van der Waals surface area (Å²) in [6.07, 6.45) is 5.52. The van der Waals surface area contributed by atoms with E-state index in [1.54, 1.807) is 11.8 Å². The summed E-state index contributed by atoms with van der Waals surface area (Å²) in [5.74, 6) is 1.01. The zero-order valence-electron chi connectivity index (χ0n) is 17.5. The number of hydroxylamine groups is 1. The number of thioether (sulfide) groups is 1. The van der Waals surface area contributed by atoms with E-state index >= 15 is 0 Å². The number of Topliss-reactive ketones (excluding diaryl/α,β-unsaturated/α-hetero) is 1. The number of carbonyl (C=O) groups excluding carboxylic acids is 1. The largest absolute Gasteiger partial charge is 0.394 e. The highest BCUT2D eigenvalue weighted by Gasteiger charge is 2.32. The Labute approximate surface area is 182 Å². The predicted octanol–water partition coefficient (Wildman–Crippen LogP) is 5.46. The van der Waals surface area contributed by atoms with Crippen LogP contribution in [0, 0.1) is 5.41 Å². The van der Waals surface area contributed by atoms with Crippen LogP contribution in [0.3, 0.4) is 0 Å². The minimum atomic E-state index is -0.112. The molecular formula is C25H29NO3S. The first kappa shape index (κ1) is 22.3. The number of hydrogen-bond donors (Lipinski definition) is 2. The van der Waals surface area contributed by atoms with Gasteiger partial charge in [0, 0.05) is 12.2 Å². The van der Waals surface area contributed by atoms with Crippen molar-refractivity contribution in [1.82, 2.24) is 0 Å². The second kappa shape index (κ2) is 10.1. The van der Waals surface area contributed by atoms with Gasteiger partial charge in [-0.3, -0.25) is 15.1 Å². The number of aliphatic hydroxyl groups is 1. The summed E-state index contributed by atoms with van der Waals surface area (Å²) >= 11 is 1.63. The van der Waals surface area contributed by atoms with Crippen LogP contribution in [0.4, 0.5) is 5.69 Å². The van der Waals surface area contributed by atoms with Crippen LogP contribution < -0.4 is 5.06 Å². The Hall–Kier alpha value is -2.34. The molecule has 0 aromatic heterocycles. The van der Waals surface area contributed by atoms with Crippen molar-refractivity contribution in [3.8, 4) is 0 Å². The first-order chi connectivity index (χ1) is 14.4. The molecule has 2 aromatic rings. The number of carbonyl (C=O) groups is 1. The van der Waals surface area contributed by atoms with Crippen molar-refractivity contribution in [3.05, 3.63) is 82.3 Å². The molecule has 0 bridgehead atoms. The average molecular weight is 424 g/mol. The van der Waals surface area contributed by atoms with Gasteiger partial charge in [-0.15, -0.1) is 11.8 Å². The minimum Gasteiger partial charge on any atom is -0.394 e. The molecule has 0 heterocycles. The van der Waals surface area contributed by atoms with Gasteiger partial charge in [-0.2, -0.15) is 0 Å². The molecule has 0 aliphatic heterocycles. The van der Waals surface area contributed by atoms with Crippen LogP contribution in [0.25, 0.3) is 6.08 Å². The van der Waals surface area contributed by atoms with E-state index in [1.165, 1.54) is 5.56 Å². The van der Waals surface area contributed by atoms with Crippen LogP contribution in [0.5, 0.6) is 0 Å². The fourth-order valence-electron chi connectivity index (χ4n) is 3.57. The predicted molar refractivity (Wildman–Crippen MR) is 124 cm³/mol. The third-order valence-electron chi connectivity index (χ3n) is 5.06. The van der Waals surface area contributed by atoms with E-state index < -0.39 is 0 Å². The molecular weight excluding hydrogens is 394 g/mol. The zero-order valence-corrected chi connectivity index (χ0v) is 18.4. The summed E-state index contributed by atoms with van der Waals surface area (Å²) in [5, 5.41) is 19.8. The number of hydrogen-bond acceptors (Lipinski definition) is 5. The van der Waals surface area contributed by atoms with E-state index in [2.05, 4.69) is 32.1 Å². The Morgan fingerprint density at radius 1 is 1.03 bits per heavy atom. The molecule has 0 fully saturated rings. The van der Waals surface area contributed by atoms with E-state index in [9.17, 15) is 10.0 Å². The lowest BCUT2D eigenvalue weighted by molar-refractivity contribution is -0.117. The molecule has 0 unspecified atom stereocenters. The number of aliphatic hydroxyl groups excluding tert-OH is 1. The first-order valence-electron chi connectivity index (χ1n) is 10.2. The highest BCUT2D eigenvalue weighted by Crippen LogP contribution is 2.42. The highest BCUT2D eigenvalue weighted by atomic mass is 32.2. The number of benzene rings is 2. The Kier molecular flexibility index (Phi) is 7.53. The molecule has 30 heavy (non-hydrogen) atoms. The van der Waals surface area contributed by atoms with Crippen molar-refractivity contribution >= 4 is 29.3 Å². The fraction of sp³-hybridized carbons (Fsp3) is 0.320. The Morgan fingerprint density at radius 2 is 1.73 bits per heavy atom. The molecule has 2 aromatic carbocycles. The topological polar surface area (TPSA) is 60.8 Å². The maximum atomic E-state index is 12.9. The summed E-state index contributed by atoms with van der Waals surface area (Å²) in [6.45, 7) is 4.34. The molecule has 5 heteroatoms. The average Bonchev–Trinajstić information content (AvgIpc) is 2.72. The molecule has 1 aliphatic rings. The first-order valence-corrected chi connectivity index (χ1v) is 11.1. The normalized spacial score (nSPS) is 16.3. The highest BCUT2D eigenvalue weighted by molar-refractivity contribution is 8.03. The van der Waals surface area contributed by atoms with Gasteiger partial charge in [0.05, 0.1) is 23.7 Å². The third-order valence-corrected chi connectivity index (χ3v) is 6.32. The molecule has 0 radical (unpaired) electrons. The third kappa shape index (κ3) is 6.08. The van der Waals surface area contributed by atoms with Crippen LogP contribution in [0.2, 0.25) is 0 Å². The number of anilines is 1. The van der Waals surface area contributed by atoms with Crippen molar-refractivity contribution in [2.24, 2.45) is 5.41 Å². The molecule has 2 N–H and O–H groups in total. The Morgan fingerprint density at radius 3 is 2.40 bits per heavy atom. The lowest BCUT2D eigenvalue weighted by atomic mass is 9.76. The molecule has 158 valence electrons. The maximum Gasteiger partial charge on any atom is 0.170 e. The van der Waals surface area contributed by atoms with E-state index in [1.807, 2.05) is 48.5 Å². The van der Waals surface area contributed by atoms with Gasteiger partial charge >= 0.3 is 0 Å². The van der Waals surface area contributed by atoms with Crippen molar-refractivity contribution < 1.29 is 15.1 Å². The van der Waals surface area contributed by atoms with Crippen molar-refractivity contribution in [2.75, 3.05) is 18.2 Å². The van der Waals surface area contributed by atoms with Crippen LogP contribution >= 0.6 is 11.8 Å². The summed E-state index contributed by atoms with van der Waals surface area (Å²) in [5.41, 5.74) is 3.88. The molecule has 0 spiro atoms. The van der Waals surface area contributed by atoms with E-state index in [0.29, 0.717) is 12.1 Å². The Balaban J connectivity index is 1.80. The van der Waals surface area contributed by atoms with Gasteiger partial charge in [0.2, 0.25) is 0 Å². The lowest BCUT2D eigenvalue weighted by Crippen LogP contribution is -2.24. The summed E-state index contributed by atoms with van der Waals surface area (Å²) in [6, 6.07) is 17.7. The number of allylic oxidation sites excluding steroid dienone is 3. The second-order valence-corrected chi connectivity index (χ2v) is 9.33. The minimum absolute atomic E-state index is 0.0426. The Bertz CT molecular complexity index is 917. The molecule has 4 nitrogen and oxygen atoms in total. The van der Waals surface area contributed by atoms with Gasteiger partial charge in [0.1, 0.15) is 0 Å². The van der Waals surface area contributed by atoms with Crippen LogP contribution in [0.15, 0.2) is 71.2 Å². The van der Waals surface area contributed by atoms with Crippen molar-refractivity contribution in [1.29, 1.82) is 0 Å². The van der Waals surface area contributed by atoms with Gasteiger partial charge in [-0.1, -0.05) is 68.5 Å². The smallest absolute Gasteiger partial charge is 0.170 e. The quantitative estimate of drug-likeness (QED) is 0.552. The number of nitrogens with zero attached hydrogens (tertiary/aromatic N) is 1. The van der Waals surface area contributed by atoms with Crippen LogP contribution in [-0.2, 0) is 10.5 Å². The molecule has 0 amide bonds. The lowest BCUT2D eigenvalue weighted by Gasteiger charge is -2.31. The molecule has 0 saturated carbocycles.